The van der Waals surface area contributed by atoms with E-state index in [1.165, 1.54) is 0 Å². The van der Waals surface area contributed by atoms with Crippen molar-refractivity contribution >= 4 is 17.1 Å². The van der Waals surface area contributed by atoms with Gasteiger partial charge in [0, 0.05) is 19.6 Å². The molecule has 1 aliphatic rings. The zero-order valence-electron chi connectivity index (χ0n) is 11.2. The third kappa shape index (κ3) is 2.78. The molecule has 1 atom stereocenters. The van der Waals surface area contributed by atoms with Crippen LogP contribution in [0.25, 0.3) is 0 Å². The fourth-order valence-corrected chi connectivity index (χ4v) is 2.46. The van der Waals surface area contributed by atoms with E-state index in [4.69, 9.17) is 0 Å². The van der Waals surface area contributed by atoms with E-state index in [1.54, 1.807) is 25.1 Å². The van der Waals surface area contributed by atoms with Crippen molar-refractivity contribution in [2.24, 2.45) is 0 Å². The Kier molecular flexibility index (Phi) is 3.61. The molecule has 0 bridgehead atoms. The number of nitro groups is 1. The normalized spacial score (nSPS) is 22.6. The van der Waals surface area contributed by atoms with Crippen LogP contribution in [0.1, 0.15) is 20.3 Å². The van der Waals surface area contributed by atoms with E-state index < -0.39 is 5.60 Å². The Morgan fingerprint density at radius 2 is 2.32 bits per heavy atom. The first-order chi connectivity index (χ1) is 8.94. The van der Waals surface area contributed by atoms with Crippen LogP contribution in [0.2, 0.25) is 0 Å². The minimum atomic E-state index is -0.776. The van der Waals surface area contributed by atoms with Crippen molar-refractivity contribution in [3.8, 4) is 0 Å². The molecule has 1 aromatic rings. The molecular weight excluding hydrogens is 246 g/mol. The number of nitro benzene ring substituents is 1. The predicted octanol–water partition coefficient (Wildman–Crippen LogP) is 1.99. The molecule has 0 spiro atoms. The zero-order chi connectivity index (χ0) is 14.0. The molecule has 1 heterocycles. The van der Waals surface area contributed by atoms with Crippen LogP contribution in [0.4, 0.5) is 17.1 Å². The maximum Gasteiger partial charge on any atom is 0.315 e. The van der Waals surface area contributed by atoms with Crippen LogP contribution < -0.4 is 10.2 Å². The predicted molar refractivity (Wildman–Crippen MR) is 74.7 cm³/mol. The number of aliphatic hydroxyl groups is 1. The Morgan fingerprint density at radius 3 is 2.84 bits per heavy atom. The number of anilines is 2. The van der Waals surface area contributed by atoms with E-state index in [-0.39, 0.29) is 10.6 Å². The highest BCUT2D eigenvalue weighted by Crippen LogP contribution is 2.38. The van der Waals surface area contributed by atoms with Gasteiger partial charge >= 0.3 is 5.69 Å². The van der Waals surface area contributed by atoms with Gasteiger partial charge in [0.15, 0.2) is 0 Å². The molecule has 1 fully saturated rings. The van der Waals surface area contributed by atoms with Gasteiger partial charge in [-0.05, 0) is 32.4 Å². The maximum absolute atomic E-state index is 11.3. The topological polar surface area (TPSA) is 78.6 Å². The molecule has 19 heavy (non-hydrogen) atoms. The van der Waals surface area contributed by atoms with E-state index >= 15 is 0 Å². The van der Waals surface area contributed by atoms with Crippen molar-refractivity contribution in [3.05, 3.63) is 28.3 Å². The summed E-state index contributed by atoms with van der Waals surface area (Å²) < 4.78 is 0. The van der Waals surface area contributed by atoms with E-state index in [1.807, 2.05) is 11.8 Å². The van der Waals surface area contributed by atoms with Crippen LogP contribution in [0.15, 0.2) is 18.2 Å². The second-order valence-electron chi connectivity index (χ2n) is 5.13. The number of rotatable bonds is 4. The lowest BCUT2D eigenvalue weighted by Gasteiger charge is -2.21. The summed E-state index contributed by atoms with van der Waals surface area (Å²) in [5.41, 5.74) is 0.405. The van der Waals surface area contributed by atoms with Crippen molar-refractivity contribution in [1.82, 2.24) is 0 Å². The molecule has 2 N–H and O–H groups in total. The number of nitrogens with zero attached hydrogens (tertiary/aromatic N) is 2. The van der Waals surface area contributed by atoms with Gasteiger partial charge in [0.1, 0.15) is 11.4 Å². The largest absolute Gasteiger partial charge is 0.388 e. The lowest BCUT2D eigenvalue weighted by Crippen LogP contribution is -2.30. The molecule has 2 rings (SSSR count). The van der Waals surface area contributed by atoms with Crippen LogP contribution in [0, 0.1) is 10.1 Å². The summed E-state index contributed by atoms with van der Waals surface area (Å²) in [4.78, 5) is 12.8. The minimum absolute atomic E-state index is 0.0852. The molecule has 1 saturated heterocycles. The number of nitrogens with one attached hydrogen (secondary N) is 1. The SMILES string of the molecule is CCNc1cccc(N2CCC(C)(O)C2)c1[N+](=O)[O-]. The quantitative estimate of drug-likeness (QED) is 0.643. The Morgan fingerprint density at radius 1 is 1.58 bits per heavy atom. The fraction of sp³-hybridized carbons (Fsp3) is 0.538. The minimum Gasteiger partial charge on any atom is -0.388 e. The smallest absolute Gasteiger partial charge is 0.315 e. The Bertz CT molecular complexity index is 488. The Hall–Kier alpha value is -1.82. The number of para-hydroxylation sites is 1. The summed E-state index contributed by atoms with van der Waals surface area (Å²) in [5, 5.41) is 24.3. The van der Waals surface area contributed by atoms with Gasteiger partial charge in [-0.2, -0.15) is 0 Å². The van der Waals surface area contributed by atoms with E-state index in [2.05, 4.69) is 5.32 Å². The number of β-amino-alcohol motifs (C(OH)–C–C–N with tert-alkyl or cyclic N) is 1. The molecule has 6 heteroatoms. The first-order valence-electron chi connectivity index (χ1n) is 6.43. The summed E-state index contributed by atoms with van der Waals surface area (Å²) in [6, 6.07) is 5.24. The molecule has 0 aromatic heterocycles. The second kappa shape index (κ2) is 5.05. The Labute approximate surface area is 112 Å². The van der Waals surface area contributed by atoms with Crippen LogP contribution in [-0.4, -0.2) is 35.3 Å². The highest BCUT2D eigenvalue weighted by atomic mass is 16.6. The average Bonchev–Trinajstić information content (AvgIpc) is 2.69. The van der Waals surface area contributed by atoms with Crippen LogP contribution >= 0.6 is 0 Å². The number of benzene rings is 1. The van der Waals surface area contributed by atoms with Gasteiger partial charge in [0.2, 0.25) is 0 Å². The highest BCUT2D eigenvalue weighted by molar-refractivity contribution is 5.77. The maximum atomic E-state index is 11.3. The van der Waals surface area contributed by atoms with Crippen molar-refractivity contribution in [1.29, 1.82) is 0 Å². The number of hydrogen-bond acceptors (Lipinski definition) is 5. The van der Waals surface area contributed by atoms with Crippen molar-refractivity contribution in [2.75, 3.05) is 29.9 Å². The molecule has 0 radical (unpaired) electrons. The fourth-order valence-electron chi connectivity index (χ4n) is 2.46. The molecule has 1 aromatic carbocycles. The summed E-state index contributed by atoms with van der Waals surface area (Å²) in [6.45, 7) is 5.33. The molecule has 0 aliphatic carbocycles. The third-order valence-corrected chi connectivity index (χ3v) is 3.36. The van der Waals surface area contributed by atoms with Crippen LogP contribution in [0.3, 0.4) is 0 Å². The summed E-state index contributed by atoms with van der Waals surface area (Å²) in [5.74, 6) is 0. The standard InChI is InChI=1S/C13H19N3O3/c1-3-14-10-5-4-6-11(12(10)16(18)19)15-8-7-13(2,17)9-15/h4-6,14,17H,3,7-9H2,1-2H3. The second-order valence-corrected chi connectivity index (χ2v) is 5.13. The van der Waals surface area contributed by atoms with Crippen LogP contribution in [-0.2, 0) is 0 Å². The number of hydrogen-bond donors (Lipinski definition) is 2. The molecule has 0 amide bonds. The van der Waals surface area contributed by atoms with E-state index in [0.717, 1.165) is 0 Å². The van der Waals surface area contributed by atoms with Gasteiger partial charge in [-0.25, -0.2) is 0 Å². The Balaban J connectivity index is 2.40. The monoisotopic (exact) mass is 265 g/mol. The van der Waals surface area contributed by atoms with Gasteiger partial charge in [-0.3, -0.25) is 10.1 Å². The first kappa shape index (κ1) is 13.6. The van der Waals surface area contributed by atoms with Gasteiger partial charge in [-0.1, -0.05) is 6.07 Å². The summed E-state index contributed by atoms with van der Waals surface area (Å²) in [7, 11) is 0. The molecule has 104 valence electrons. The van der Waals surface area contributed by atoms with E-state index in [0.29, 0.717) is 37.4 Å². The van der Waals surface area contributed by atoms with Gasteiger partial charge in [0.25, 0.3) is 0 Å². The van der Waals surface area contributed by atoms with Crippen molar-refractivity contribution in [2.45, 2.75) is 25.9 Å². The third-order valence-electron chi connectivity index (χ3n) is 3.36. The van der Waals surface area contributed by atoms with Crippen LogP contribution in [0.5, 0.6) is 0 Å². The summed E-state index contributed by atoms with van der Waals surface area (Å²) in [6.07, 6.45) is 0.621. The lowest BCUT2D eigenvalue weighted by molar-refractivity contribution is -0.383. The van der Waals surface area contributed by atoms with Gasteiger partial charge in [-0.15, -0.1) is 0 Å². The lowest BCUT2D eigenvalue weighted by atomic mass is 10.1. The first-order valence-corrected chi connectivity index (χ1v) is 6.43. The van der Waals surface area contributed by atoms with Gasteiger partial charge < -0.3 is 15.3 Å². The molecule has 6 nitrogen and oxygen atoms in total. The van der Waals surface area contributed by atoms with E-state index in [9.17, 15) is 15.2 Å². The molecule has 1 aliphatic heterocycles. The van der Waals surface area contributed by atoms with Crippen molar-refractivity contribution < 1.29 is 10.0 Å². The van der Waals surface area contributed by atoms with Crippen molar-refractivity contribution in [3.63, 3.8) is 0 Å². The zero-order valence-corrected chi connectivity index (χ0v) is 11.2. The van der Waals surface area contributed by atoms with Gasteiger partial charge in [0.05, 0.1) is 10.5 Å². The average molecular weight is 265 g/mol. The highest BCUT2D eigenvalue weighted by Gasteiger charge is 2.35. The molecule has 0 saturated carbocycles. The molecule has 1 unspecified atom stereocenters. The summed E-state index contributed by atoms with van der Waals surface area (Å²) >= 11 is 0. The molecular formula is C13H19N3O3.